The maximum absolute atomic E-state index is 13.3. The third-order valence-electron chi connectivity index (χ3n) is 2.52. The summed E-state index contributed by atoms with van der Waals surface area (Å²) in [7, 11) is 0. The van der Waals surface area contributed by atoms with E-state index in [1.54, 1.807) is 6.07 Å². The molecule has 0 aliphatic heterocycles. The van der Waals surface area contributed by atoms with Crippen molar-refractivity contribution in [2.75, 3.05) is 18.5 Å². The summed E-state index contributed by atoms with van der Waals surface area (Å²) in [5.41, 5.74) is 0.833. The third kappa shape index (κ3) is 4.01. The Morgan fingerprint density at radius 3 is 2.65 bits per heavy atom. The minimum absolute atomic E-state index is 0.0541. The molecular weight excluding hydrogens is 368 g/mol. The first-order chi connectivity index (χ1) is 9.58. The fraction of sp³-hybridized carbons (Fsp3) is 0.143. The lowest BCUT2D eigenvalue weighted by molar-refractivity contribution is 0.329. The van der Waals surface area contributed by atoms with Crippen LogP contribution in [0, 0.1) is 5.82 Å². The van der Waals surface area contributed by atoms with Gasteiger partial charge in [-0.3, -0.25) is 0 Å². The summed E-state index contributed by atoms with van der Waals surface area (Å²) in [5.74, 6) is -0.100. The van der Waals surface area contributed by atoms with Gasteiger partial charge in [-0.2, -0.15) is 0 Å². The summed E-state index contributed by atoms with van der Waals surface area (Å²) >= 11 is 14.9. The third-order valence-corrected chi connectivity index (χ3v) is 3.76. The highest BCUT2D eigenvalue weighted by molar-refractivity contribution is 9.10. The molecule has 0 fully saturated rings. The van der Waals surface area contributed by atoms with Crippen LogP contribution in [0.5, 0.6) is 5.75 Å². The van der Waals surface area contributed by atoms with Gasteiger partial charge in [-0.05, 0) is 34.1 Å². The number of halogens is 4. The summed E-state index contributed by atoms with van der Waals surface area (Å²) in [5, 5.41) is 3.84. The van der Waals surface area contributed by atoms with Crippen molar-refractivity contribution in [1.82, 2.24) is 0 Å². The van der Waals surface area contributed by atoms with Crippen LogP contribution < -0.4 is 10.1 Å². The van der Waals surface area contributed by atoms with Crippen molar-refractivity contribution in [3.63, 3.8) is 0 Å². The van der Waals surface area contributed by atoms with Crippen molar-refractivity contribution in [3.05, 3.63) is 56.7 Å². The van der Waals surface area contributed by atoms with Gasteiger partial charge in [-0.1, -0.05) is 35.3 Å². The number of hydrogen-bond acceptors (Lipinski definition) is 2. The average Bonchev–Trinajstić information content (AvgIpc) is 2.42. The second-order valence-electron chi connectivity index (χ2n) is 3.95. The molecule has 0 bridgehead atoms. The van der Waals surface area contributed by atoms with Gasteiger partial charge in [0.25, 0.3) is 0 Å². The second-order valence-corrected chi connectivity index (χ2v) is 5.62. The molecule has 0 aromatic heterocycles. The smallest absolute Gasteiger partial charge is 0.145 e. The van der Waals surface area contributed by atoms with E-state index in [2.05, 4.69) is 21.2 Å². The van der Waals surface area contributed by atoms with Crippen molar-refractivity contribution in [3.8, 4) is 5.75 Å². The zero-order chi connectivity index (χ0) is 14.5. The van der Waals surface area contributed by atoms with Crippen LogP contribution in [0.4, 0.5) is 10.1 Å². The SMILES string of the molecule is Fc1cc(OCCNc2ccccc2Cl)c(Br)cc1Cl. The molecule has 0 atom stereocenters. The van der Waals surface area contributed by atoms with E-state index in [9.17, 15) is 4.39 Å². The Bertz CT molecular complexity index is 610. The summed E-state index contributed by atoms with van der Waals surface area (Å²) < 4.78 is 19.4. The van der Waals surface area contributed by atoms with Crippen molar-refractivity contribution in [2.24, 2.45) is 0 Å². The number of benzene rings is 2. The second kappa shape index (κ2) is 7.16. The number of rotatable bonds is 5. The molecular formula is C14H11BrCl2FNO. The highest BCUT2D eigenvalue weighted by atomic mass is 79.9. The number of nitrogens with one attached hydrogen (secondary N) is 1. The van der Waals surface area contributed by atoms with Gasteiger partial charge in [0.2, 0.25) is 0 Å². The van der Waals surface area contributed by atoms with Crippen LogP contribution in [0.15, 0.2) is 40.9 Å². The van der Waals surface area contributed by atoms with Gasteiger partial charge in [0, 0.05) is 12.6 Å². The Balaban J connectivity index is 1.88. The molecule has 2 aromatic rings. The van der Waals surface area contributed by atoms with E-state index in [-0.39, 0.29) is 5.02 Å². The molecule has 6 heteroatoms. The Labute approximate surface area is 135 Å². The lowest BCUT2D eigenvalue weighted by Gasteiger charge is -2.11. The minimum atomic E-state index is -0.510. The molecule has 20 heavy (non-hydrogen) atoms. The van der Waals surface area contributed by atoms with Crippen LogP contribution in [0.2, 0.25) is 10.0 Å². The van der Waals surface area contributed by atoms with Crippen LogP contribution in [-0.2, 0) is 0 Å². The van der Waals surface area contributed by atoms with Gasteiger partial charge in [0.15, 0.2) is 0 Å². The first-order valence-electron chi connectivity index (χ1n) is 5.83. The zero-order valence-corrected chi connectivity index (χ0v) is 13.4. The first kappa shape index (κ1) is 15.4. The van der Waals surface area contributed by atoms with Crippen molar-refractivity contribution < 1.29 is 9.13 Å². The Morgan fingerprint density at radius 1 is 1.15 bits per heavy atom. The molecule has 0 saturated heterocycles. The quantitative estimate of drug-likeness (QED) is 0.556. The molecule has 2 aromatic carbocycles. The predicted octanol–water partition coefficient (Wildman–Crippen LogP) is 5.39. The summed E-state index contributed by atoms with van der Waals surface area (Å²) in [6, 6.07) is 10.1. The van der Waals surface area contributed by atoms with E-state index < -0.39 is 5.82 Å². The molecule has 1 N–H and O–H groups in total. The molecule has 0 aliphatic carbocycles. The lowest BCUT2D eigenvalue weighted by atomic mass is 10.3. The molecule has 2 nitrogen and oxygen atoms in total. The van der Waals surface area contributed by atoms with Crippen LogP contribution in [-0.4, -0.2) is 13.2 Å². The van der Waals surface area contributed by atoms with Crippen LogP contribution in [0.1, 0.15) is 0 Å². The van der Waals surface area contributed by atoms with E-state index in [0.29, 0.717) is 28.4 Å². The summed E-state index contributed by atoms with van der Waals surface area (Å²) in [4.78, 5) is 0. The molecule has 0 unspecified atom stereocenters. The highest BCUT2D eigenvalue weighted by Gasteiger charge is 2.07. The maximum Gasteiger partial charge on any atom is 0.145 e. The average molecular weight is 379 g/mol. The highest BCUT2D eigenvalue weighted by Crippen LogP contribution is 2.30. The van der Waals surface area contributed by atoms with Gasteiger partial charge < -0.3 is 10.1 Å². The number of ether oxygens (including phenoxy) is 1. The fourth-order valence-electron chi connectivity index (χ4n) is 1.57. The van der Waals surface area contributed by atoms with Gasteiger partial charge in [0.1, 0.15) is 18.2 Å². The molecule has 106 valence electrons. The van der Waals surface area contributed by atoms with Crippen molar-refractivity contribution in [2.45, 2.75) is 0 Å². The van der Waals surface area contributed by atoms with E-state index in [4.69, 9.17) is 27.9 Å². The van der Waals surface area contributed by atoms with E-state index >= 15 is 0 Å². The lowest BCUT2D eigenvalue weighted by Crippen LogP contribution is -2.12. The van der Waals surface area contributed by atoms with Crippen LogP contribution in [0.25, 0.3) is 0 Å². The van der Waals surface area contributed by atoms with Crippen molar-refractivity contribution in [1.29, 1.82) is 0 Å². The standard InChI is InChI=1S/C14H11BrCl2FNO/c15-9-7-11(17)12(18)8-14(9)20-6-5-19-13-4-2-1-3-10(13)16/h1-4,7-8,19H,5-6H2. The molecule has 0 heterocycles. The van der Waals surface area contributed by atoms with Gasteiger partial charge in [-0.25, -0.2) is 4.39 Å². The monoisotopic (exact) mass is 377 g/mol. The number of para-hydroxylation sites is 1. The minimum Gasteiger partial charge on any atom is -0.490 e. The van der Waals surface area contributed by atoms with Crippen LogP contribution in [0.3, 0.4) is 0 Å². The molecule has 0 saturated carbocycles. The predicted molar refractivity (Wildman–Crippen MR) is 84.5 cm³/mol. The normalized spacial score (nSPS) is 10.4. The Kier molecular flexibility index (Phi) is 5.52. The van der Waals surface area contributed by atoms with Gasteiger partial charge in [0.05, 0.1) is 20.2 Å². The number of hydrogen-bond donors (Lipinski definition) is 1. The largest absolute Gasteiger partial charge is 0.490 e. The van der Waals surface area contributed by atoms with E-state index in [0.717, 1.165) is 5.69 Å². The molecule has 0 amide bonds. The van der Waals surface area contributed by atoms with E-state index in [1.165, 1.54) is 12.1 Å². The topological polar surface area (TPSA) is 21.3 Å². The molecule has 2 rings (SSSR count). The Morgan fingerprint density at radius 2 is 1.90 bits per heavy atom. The summed E-state index contributed by atoms with van der Waals surface area (Å²) in [6.07, 6.45) is 0. The molecule has 0 spiro atoms. The fourth-order valence-corrected chi connectivity index (χ4v) is 2.52. The van der Waals surface area contributed by atoms with Crippen molar-refractivity contribution >= 4 is 44.8 Å². The van der Waals surface area contributed by atoms with E-state index in [1.807, 2.05) is 18.2 Å². The first-order valence-corrected chi connectivity index (χ1v) is 7.38. The Hall–Kier alpha value is -0.970. The summed E-state index contributed by atoms with van der Waals surface area (Å²) in [6.45, 7) is 0.908. The van der Waals surface area contributed by atoms with Gasteiger partial charge in [-0.15, -0.1) is 0 Å². The van der Waals surface area contributed by atoms with Gasteiger partial charge >= 0.3 is 0 Å². The maximum atomic E-state index is 13.3. The number of anilines is 1. The zero-order valence-electron chi connectivity index (χ0n) is 10.3. The molecule has 0 radical (unpaired) electrons. The van der Waals surface area contributed by atoms with Crippen LogP contribution >= 0.6 is 39.1 Å². The molecule has 0 aliphatic rings.